The van der Waals surface area contributed by atoms with Crippen LogP contribution in [0.25, 0.3) is 0 Å². The number of anilines is 1. The minimum Gasteiger partial charge on any atom is -0.370 e. The highest BCUT2D eigenvalue weighted by molar-refractivity contribution is 7.91. The van der Waals surface area contributed by atoms with E-state index in [9.17, 15) is 8.42 Å². The van der Waals surface area contributed by atoms with Gasteiger partial charge in [-0.1, -0.05) is 12.1 Å². The highest BCUT2D eigenvalue weighted by Crippen LogP contribution is 2.21. The van der Waals surface area contributed by atoms with Crippen molar-refractivity contribution in [2.75, 3.05) is 56.2 Å². The number of nitrogens with one attached hydrogen (secondary N) is 2. The average molecular weight is 427 g/mol. The quantitative estimate of drug-likeness (QED) is 0.656. The molecule has 2 saturated heterocycles. The van der Waals surface area contributed by atoms with E-state index in [1.165, 1.54) is 5.56 Å². The van der Waals surface area contributed by atoms with Crippen molar-refractivity contribution in [3.05, 3.63) is 29.3 Å². The summed E-state index contributed by atoms with van der Waals surface area (Å²) in [7, 11) is -2.96. The Bertz CT molecular complexity index is 792. The third-order valence-corrected chi connectivity index (χ3v) is 7.76. The number of sulfone groups is 1. The summed E-state index contributed by atoms with van der Waals surface area (Å²) < 4.78 is 29.5. The summed E-state index contributed by atoms with van der Waals surface area (Å²) in [5.74, 6) is 0.459. The van der Waals surface area contributed by atoms with Gasteiger partial charge in [0.15, 0.2) is 14.9 Å². The molecule has 0 unspecified atom stereocenters. The molecule has 2 heterocycles. The summed E-state index contributed by atoms with van der Waals surface area (Å²) in [6.45, 7) is 9.69. The second kappa shape index (κ2) is 9.52. The lowest BCUT2D eigenvalue weighted by molar-refractivity contribution is -0.908. The molecular weight excluding hydrogens is 394 g/mol. The Morgan fingerprint density at radius 1 is 1.32 bits per heavy atom. The first kappa shape index (κ1) is 21.5. The lowest BCUT2D eigenvalue weighted by Gasteiger charge is -2.32. The summed E-state index contributed by atoms with van der Waals surface area (Å²) in [5.41, 5.74) is 3.29. The van der Waals surface area contributed by atoms with Crippen molar-refractivity contribution < 1.29 is 18.1 Å². The molecule has 0 spiro atoms. The third kappa shape index (κ3) is 5.89. The van der Waals surface area contributed by atoms with Crippen molar-refractivity contribution in [1.82, 2.24) is 4.90 Å². The fraction of sp³-hybridized carbons (Fsp3) is 0.650. The Balaban J connectivity index is 1.66. The van der Waals surface area contributed by atoms with Crippen LogP contribution in [0, 0.1) is 13.8 Å². The Kier molecular flexibility index (Phi) is 7.31. The maximum atomic E-state index is 12.0. The summed E-state index contributed by atoms with van der Waals surface area (Å²) in [5, 5.41) is 4.01. The summed E-state index contributed by atoms with van der Waals surface area (Å²) in [4.78, 5) is 3.67. The van der Waals surface area contributed by atoms with Gasteiger partial charge in [-0.25, -0.2) is 8.42 Å². The topological polar surface area (TPSA) is 63.1 Å². The fourth-order valence-corrected chi connectivity index (χ4v) is 6.02. The van der Waals surface area contributed by atoms with Gasteiger partial charge < -0.3 is 19.9 Å². The maximum Gasteiger partial charge on any atom is 0.173 e. The molecule has 2 fully saturated rings. The van der Waals surface area contributed by atoms with E-state index in [4.69, 9.17) is 17.0 Å². The molecule has 2 aliphatic rings. The van der Waals surface area contributed by atoms with Crippen molar-refractivity contribution in [2.45, 2.75) is 32.7 Å². The number of hydrogen-bond donors (Lipinski definition) is 2. The Labute approximate surface area is 174 Å². The molecule has 1 atom stereocenters. The molecule has 3 rings (SSSR count). The predicted octanol–water partition coefficient (Wildman–Crippen LogP) is 0.795. The molecule has 8 heteroatoms. The number of ether oxygens (including phenoxy) is 1. The molecule has 2 N–H and O–H groups in total. The van der Waals surface area contributed by atoms with Crippen LogP contribution in [0.5, 0.6) is 0 Å². The van der Waals surface area contributed by atoms with Crippen LogP contribution in [0.4, 0.5) is 5.69 Å². The van der Waals surface area contributed by atoms with Gasteiger partial charge in [-0.2, -0.15) is 0 Å². The van der Waals surface area contributed by atoms with Gasteiger partial charge in [0.05, 0.1) is 31.3 Å². The zero-order chi connectivity index (χ0) is 20.1. The molecular formula is C20H32N3O3S2+. The standard InChI is InChI=1S/C20H31N3O3S2/c1-16-4-5-17(2)19(14-16)21-20(27)23(18-6-13-28(24,25)15-18)8-3-7-22-9-11-26-12-10-22/h4-5,14,18H,3,6-13,15H2,1-2H3,(H,21,27)/p+1/t18-/m0/s1. The van der Waals surface area contributed by atoms with Crippen molar-refractivity contribution in [1.29, 1.82) is 0 Å². The number of morpholine rings is 1. The van der Waals surface area contributed by atoms with Crippen LogP contribution in [0.15, 0.2) is 18.2 Å². The van der Waals surface area contributed by atoms with Crippen LogP contribution >= 0.6 is 12.2 Å². The second-order valence-electron chi connectivity index (χ2n) is 7.96. The summed E-state index contributed by atoms with van der Waals surface area (Å²) in [6.07, 6.45) is 1.64. The van der Waals surface area contributed by atoms with Gasteiger partial charge in [0, 0.05) is 24.7 Å². The van der Waals surface area contributed by atoms with Gasteiger partial charge in [-0.3, -0.25) is 0 Å². The largest absolute Gasteiger partial charge is 0.370 e. The number of aryl methyl sites for hydroxylation is 2. The van der Waals surface area contributed by atoms with E-state index in [-0.39, 0.29) is 17.5 Å². The minimum atomic E-state index is -2.96. The van der Waals surface area contributed by atoms with Crippen LogP contribution in [0.3, 0.4) is 0 Å². The first-order valence-electron chi connectivity index (χ1n) is 10.1. The minimum absolute atomic E-state index is 0.0326. The van der Waals surface area contributed by atoms with Crippen LogP contribution in [-0.2, 0) is 14.6 Å². The third-order valence-electron chi connectivity index (χ3n) is 5.67. The van der Waals surface area contributed by atoms with Crippen LogP contribution in [-0.4, -0.2) is 75.4 Å². The van der Waals surface area contributed by atoms with Gasteiger partial charge in [-0.15, -0.1) is 0 Å². The molecule has 0 aromatic heterocycles. The Morgan fingerprint density at radius 3 is 2.75 bits per heavy atom. The zero-order valence-corrected chi connectivity index (χ0v) is 18.5. The van der Waals surface area contributed by atoms with E-state index in [2.05, 4.69) is 42.3 Å². The average Bonchev–Trinajstić information content (AvgIpc) is 3.02. The zero-order valence-electron chi connectivity index (χ0n) is 16.9. The molecule has 0 aliphatic carbocycles. The molecule has 0 bridgehead atoms. The predicted molar refractivity (Wildman–Crippen MR) is 117 cm³/mol. The molecule has 156 valence electrons. The van der Waals surface area contributed by atoms with Crippen molar-refractivity contribution in [3.63, 3.8) is 0 Å². The van der Waals surface area contributed by atoms with Crippen LogP contribution in [0.1, 0.15) is 24.0 Å². The van der Waals surface area contributed by atoms with Crippen molar-refractivity contribution >= 4 is 32.9 Å². The van der Waals surface area contributed by atoms with Gasteiger partial charge in [0.2, 0.25) is 0 Å². The van der Waals surface area contributed by atoms with E-state index in [0.29, 0.717) is 11.5 Å². The maximum absolute atomic E-state index is 12.0. The highest BCUT2D eigenvalue weighted by atomic mass is 32.2. The smallest absolute Gasteiger partial charge is 0.173 e. The number of thiocarbonyl (C=S) groups is 1. The Hall–Kier alpha value is -1.22. The first-order chi connectivity index (χ1) is 13.3. The van der Waals surface area contributed by atoms with E-state index in [1.54, 1.807) is 4.90 Å². The van der Waals surface area contributed by atoms with E-state index in [1.807, 2.05) is 0 Å². The van der Waals surface area contributed by atoms with Gasteiger partial charge in [0.25, 0.3) is 0 Å². The second-order valence-corrected chi connectivity index (χ2v) is 10.6. The molecule has 1 aromatic carbocycles. The van der Waals surface area contributed by atoms with Gasteiger partial charge >= 0.3 is 0 Å². The molecule has 0 amide bonds. The number of quaternary nitrogens is 1. The monoisotopic (exact) mass is 426 g/mol. The van der Waals surface area contributed by atoms with Gasteiger partial charge in [0.1, 0.15) is 13.1 Å². The summed E-state index contributed by atoms with van der Waals surface area (Å²) >= 11 is 5.73. The fourth-order valence-electron chi connectivity index (χ4n) is 3.94. The van der Waals surface area contributed by atoms with Crippen LogP contribution < -0.4 is 10.2 Å². The summed E-state index contributed by atoms with van der Waals surface area (Å²) in [6, 6.07) is 6.21. The molecule has 1 aromatic rings. The Morgan fingerprint density at radius 2 is 2.07 bits per heavy atom. The number of benzene rings is 1. The number of rotatable bonds is 6. The molecule has 0 saturated carbocycles. The van der Waals surface area contributed by atoms with E-state index < -0.39 is 9.84 Å². The van der Waals surface area contributed by atoms with Crippen LogP contribution in [0.2, 0.25) is 0 Å². The number of nitrogens with zero attached hydrogens (tertiary/aromatic N) is 1. The van der Waals surface area contributed by atoms with E-state index >= 15 is 0 Å². The first-order valence-corrected chi connectivity index (χ1v) is 12.3. The normalized spacial score (nSPS) is 22.1. The van der Waals surface area contributed by atoms with Crippen molar-refractivity contribution in [2.24, 2.45) is 0 Å². The van der Waals surface area contributed by atoms with Crippen molar-refractivity contribution in [3.8, 4) is 0 Å². The molecule has 6 nitrogen and oxygen atoms in total. The lowest BCUT2D eigenvalue weighted by Crippen LogP contribution is -3.14. The SMILES string of the molecule is Cc1ccc(C)c(NC(=S)N(CCC[NH+]2CCOCC2)[C@H]2CCS(=O)(=O)C2)c1. The molecule has 0 radical (unpaired) electrons. The molecule has 2 aliphatic heterocycles. The lowest BCUT2D eigenvalue weighted by atomic mass is 10.1. The number of hydrogen-bond acceptors (Lipinski definition) is 4. The highest BCUT2D eigenvalue weighted by Gasteiger charge is 2.33. The van der Waals surface area contributed by atoms with Gasteiger partial charge in [-0.05, 0) is 49.7 Å². The van der Waals surface area contributed by atoms with E-state index in [0.717, 1.165) is 57.1 Å². The molecule has 28 heavy (non-hydrogen) atoms.